The minimum absolute atomic E-state index is 0.103. The van der Waals surface area contributed by atoms with Crippen LogP contribution in [0, 0.1) is 6.92 Å². The molecule has 0 spiro atoms. The van der Waals surface area contributed by atoms with E-state index in [1.54, 1.807) is 6.92 Å². The van der Waals surface area contributed by atoms with Crippen LogP contribution in [0.2, 0.25) is 0 Å². The first kappa shape index (κ1) is 12.3. The van der Waals surface area contributed by atoms with Crippen LogP contribution in [0.3, 0.4) is 0 Å². The molecule has 0 heterocycles. The maximum absolute atomic E-state index is 11.6. The van der Waals surface area contributed by atoms with Gasteiger partial charge >= 0.3 is 0 Å². The molecule has 0 N–H and O–H groups in total. The van der Waals surface area contributed by atoms with Gasteiger partial charge in [-0.2, -0.15) is 0 Å². The second-order valence-corrected chi connectivity index (χ2v) is 4.39. The first-order chi connectivity index (χ1) is 8.66. The summed E-state index contributed by atoms with van der Waals surface area (Å²) in [7, 11) is 0. The van der Waals surface area contributed by atoms with Crippen molar-refractivity contribution in [3.63, 3.8) is 0 Å². The Balaban J connectivity index is 2.35. The summed E-state index contributed by atoms with van der Waals surface area (Å²) in [5.41, 5.74) is 3.99. The highest BCUT2D eigenvalue weighted by Crippen LogP contribution is 2.16. The van der Waals surface area contributed by atoms with Crippen molar-refractivity contribution in [3.05, 3.63) is 70.8 Å². The summed E-state index contributed by atoms with van der Waals surface area (Å²) in [5, 5.41) is 0. The third kappa shape index (κ3) is 2.95. The zero-order valence-corrected chi connectivity index (χ0v) is 10.7. The fourth-order valence-corrected chi connectivity index (χ4v) is 1.87. The standard InChI is InChI=1S/C17H16O/c1-13-8-10-16(17(12-13)14(2)18)11-9-15-6-4-3-5-7-15/h3-12H,1-2H3/b11-9+. The van der Waals surface area contributed by atoms with Gasteiger partial charge in [0.1, 0.15) is 0 Å². The molecule has 0 unspecified atom stereocenters. The summed E-state index contributed by atoms with van der Waals surface area (Å²) in [4.78, 5) is 11.6. The van der Waals surface area contributed by atoms with E-state index < -0.39 is 0 Å². The van der Waals surface area contributed by atoms with Crippen LogP contribution in [-0.4, -0.2) is 5.78 Å². The molecule has 2 aromatic rings. The van der Waals surface area contributed by atoms with Crippen LogP contribution in [0.4, 0.5) is 0 Å². The molecule has 0 radical (unpaired) electrons. The molecule has 0 aliphatic heterocycles. The summed E-state index contributed by atoms with van der Waals surface area (Å²) in [6.45, 7) is 3.60. The van der Waals surface area contributed by atoms with Crippen molar-refractivity contribution in [2.75, 3.05) is 0 Å². The van der Waals surface area contributed by atoms with E-state index >= 15 is 0 Å². The number of ketones is 1. The zero-order valence-electron chi connectivity index (χ0n) is 10.7. The number of carbonyl (C=O) groups is 1. The van der Waals surface area contributed by atoms with Crippen molar-refractivity contribution in [3.8, 4) is 0 Å². The van der Waals surface area contributed by atoms with Crippen LogP contribution < -0.4 is 0 Å². The molecule has 0 amide bonds. The maximum Gasteiger partial charge on any atom is 0.160 e. The van der Waals surface area contributed by atoms with Crippen molar-refractivity contribution in [2.45, 2.75) is 13.8 Å². The van der Waals surface area contributed by atoms with Gasteiger partial charge in [0, 0.05) is 5.56 Å². The van der Waals surface area contributed by atoms with Gasteiger partial charge in [-0.1, -0.05) is 60.2 Å². The van der Waals surface area contributed by atoms with Crippen LogP contribution in [0.5, 0.6) is 0 Å². The number of Topliss-reactive ketones (excluding diaryl/α,β-unsaturated/α-hetero) is 1. The first-order valence-corrected chi connectivity index (χ1v) is 6.01. The quantitative estimate of drug-likeness (QED) is 0.571. The van der Waals surface area contributed by atoms with Crippen LogP contribution in [0.1, 0.15) is 34.0 Å². The molecule has 1 nitrogen and oxygen atoms in total. The average Bonchev–Trinajstić information content (AvgIpc) is 2.38. The van der Waals surface area contributed by atoms with Gasteiger partial charge in [-0.25, -0.2) is 0 Å². The normalized spacial score (nSPS) is 10.8. The van der Waals surface area contributed by atoms with Crippen LogP contribution in [0.25, 0.3) is 12.2 Å². The fourth-order valence-electron chi connectivity index (χ4n) is 1.87. The molecule has 2 aromatic carbocycles. The lowest BCUT2D eigenvalue weighted by molar-refractivity contribution is 0.101. The Labute approximate surface area is 108 Å². The molecule has 0 saturated carbocycles. The average molecular weight is 236 g/mol. The number of aryl methyl sites for hydroxylation is 1. The Morgan fingerprint density at radius 2 is 1.72 bits per heavy atom. The minimum Gasteiger partial charge on any atom is -0.294 e. The van der Waals surface area contributed by atoms with Crippen LogP contribution in [0.15, 0.2) is 48.5 Å². The molecule has 0 bridgehead atoms. The highest BCUT2D eigenvalue weighted by Gasteiger charge is 2.04. The fraction of sp³-hybridized carbons (Fsp3) is 0.118. The van der Waals surface area contributed by atoms with E-state index in [9.17, 15) is 4.79 Å². The summed E-state index contributed by atoms with van der Waals surface area (Å²) >= 11 is 0. The van der Waals surface area contributed by atoms with Gasteiger partial charge in [0.15, 0.2) is 5.78 Å². The van der Waals surface area contributed by atoms with Gasteiger partial charge in [-0.05, 0) is 31.0 Å². The lowest BCUT2D eigenvalue weighted by atomic mass is 10.0. The Morgan fingerprint density at radius 3 is 2.39 bits per heavy atom. The molecule has 0 aliphatic carbocycles. The van der Waals surface area contributed by atoms with E-state index in [-0.39, 0.29) is 5.78 Å². The molecule has 0 saturated heterocycles. The van der Waals surface area contributed by atoms with Crippen molar-refractivity contribution in [1.29, 1.82) is 0 Å². The Bertz CT molecular complexity index is 580. The number of hydrogen-bond donors (Lipinski definition) is 0. The topological polar surface area (TPSA) is 17.1 Å². The lowest BCUT2D eigenvalue weighted by Crippen LogP contribution is -1.96. The zero-order chi connectivity index (χ0) is 13.0. The highest BCUT2D eigenvalue weighted by atomic mass is 16.1. The third-order valence-electron chi connectivity index (χ3n) is 2.84. The predicted molar refractivity (Wildman–Crippen MR) is 76.6 cm³/mol. The Hall–Kier alpha value is -2.15. The third-order valence-corrected chi connectivity index (χ3v) is 2.84. The number of benzene rings is 2. The largest absolute Gasteiger partial charge is 0.294 e. The van der Waals surface area contributed by atoms with E-state index in [0.29, 0.717) is 0 Å². The van der Waals surface area contributed by atoms with Gasteiger partial charge in [-0.3, -0.25) is 4.79 Å². The van der Waals surface area contributed by atoms with Gasteiger partial charge < -0.3 is 0 Å². The van der Waals surface area contributed by atoms with E-state index in [1.165, 1.54) is 0 Å². The number of carbonyl (C=O) groups excluding carboxylic acids is 1. The molecule has 0 aliphatic rings. The molecule has 0 aromatic heterocycles. The van der Waals surface area contributed by atoms with Gasteiger partial charge in [0.25, 0.3) is 0 Å². The monoisotopic (exact) mass is 236 g/mol. The van der Waals surface area contributed by atoms with E-state index in [2.05, 4.69) is 0 Å². The van der Waals surface area contributed by atoms with E-state index in [1.807, 2.05) is 67.6 Å². The van der Waals surface area contributed by atoms with E-state index in [0.717, 1.165) is 22.3 Å². The second kappa shape index (κ2) is 5.46. The Morgan fingerprint density at radius 1 is 1.00 bits per heavy atom. The van der Waals surface area contributed by atoms with Gasteiger partial charge in [0.2, 0.25) is 0 Å². The van der Waals surface area contributed by atoms with Crippen LogP contribution in [-0.2, 0) is 0 Å². The van der Waals surface area contributed by atoms with Crippen molar-refractivity contribution in [2.24, 2.45) is 0 Å². The van der Waals surface area contributed by atoms with E-state index in [4.69, 9.17) is 0 Å². The first-order valence-electron chi connectivity index (χ1n) is 6.01. The predicted octanol–water partition coefficient (Wildman–Crippen LogP) is 4.37. The smallest absolute Gasteiger partial charge is 0.160 e. The molecule has 0 fully saturated rings. The van der Waals surface area contributed by atoms with Crippen LogP contribution >= 0.6 is 0 Å². The summed E-state index contributed by atoms with van der Waals surface area (Å²) in [6.07, 6.45) is 4.02. The molecule has 2 rings (SSSR count). The molecular weight excluding hydrogens is 220 g/mol. The minimum atomic E-state index is 0.103. The highest BCUT2D eigenvalue weighted by molar-refractivity contribution is 5.98. The van der Waals surface area contributed by atoms with Crippen molar-refractivity contribution in [1.82, 2.24) is 0 Å². The lowest BCUT2D eigenvalue weighted by Gasteiger charge is -2.03. The Kier molecular flexibility index (Phi) is 3.73. The maximum atomic E-state index is 11.6. The number of hydrogen-bond acceptors (Lipinski definition) is 1. The molecule has 90 valence electrons. The van der Waals surface area contributed by atoms with Crippen molar-refractivity contribution >= 4 is 17.9 Å². The molecule has 1 heteroatoms. The summed E-state index contributed by atoms with van der Waals surface area (Å²) < 4.78 is 0. The number of rotatable bonds is 3. The molecule has 0 atom stereocenters. The molecule has 18 heavy (non-hydrogen) atoms. The second-order valence-electron chi connectivity index (χ2n) is 4.39. The molecular formula is C17H16O. The van der Waals surface area contributed by atoms with Crippen molar-refractivity contribution < 1.29 is 4.79 Å². The SMILES string of the molecule is CC(=O)c1cc(C)ccc1/C=C/c1ccccc1. The summed E-state index contributed by atoms with van der Waals surface area (Å²) in [5.74, 6) is 0.103. The van der Waals surface area contributed by atoms with Gasteiger partial charge in [0.05, 0.1) is 0 Å². The summed E-state index contributed by atoms with van der Waals surface area (Å²) in [6, 6.07) is 16.0. The van der Waals surface area contributed by atoms with Gasteiger partial charge in [-0.15, -0.1) is 0 Å².